The van der Waals surface area contributed by atoms with Crippen LogP contribution in [0.1, 0.15) is 29.4 Å². The second-order valence-corrected chi connectivity index (χ2v) is 12.1. The number of thiophene rings is 1. The van der Waals surface area contributed by atoms with Gasteiger partial charge in [0.25, 0.3) is 0 Å². The van der Waals surface area contributed by atoms with Crippen molar-refractivity contribution in [3.05, 3.63) is 65.5 Å². The molecule has 1 aliphatic heterocycles. The molecule has 1 aromatic heterocycles. The average molecular weight is 545 g/mol. The van der Waals surface area contributed by atoms with Gasteiger partial charge in [-0.15, -0.1) is 23.1 Å². The van der Waals surface area contributed by atoms with Crippen LogP contribution in [0.5, 0.6) is 0 Å². The SMILES string of the molecule is CCOC(=O)c1sc(-c2ccccc2)cc1NC(=O)C1CCN(S(=O)(=O)c2ccccc2SC)CC1. The van der Waals surface area contributed by atoms with Gasteiger partial charge >= 0.3 is 5.97 Å². The van der Waals surface area contributed by atoms with Crippen LogP contribution in [-0.4, -0.2) is 50.6 Å². The smallest absolute Gasteiger partial charge is 0.350 e. The Labute approximate surface area is 219 Å². The second-order valence-electron chi connectivity index (χ2n) is 8.26. The van der Waals surface area contributed by atoms with E-state index >= 15 is 0 Å². The molecule has 36 heavy (non-hydrogen) atoms. The molecule has 2 aromatic carbocycles. The van der Waals surface area contributed by atoms with Gasteiger partial charge in [0.15, 0.2) is 0 Å². The van der Waals surface area contributed by atoms with Gasteiger partial charge in [0.1, 0.15) is 4.88 Å². The van der Waals surface area contributed by atoms with E-state index < -0.39 is 16.0 Å². The average Bonchev–Trinajstić information content (AvgIpc) is 3.33. The highest BCUT2D eigenvalue weighted by molar-refractivity contribution is 7.99. The molecule has 1 amide bonds. The van der Waals surface area contributed by atoms with Gasteiger partial charge in [-0.2, -0.15) is 4.31 Å². The number of anilines is 1. The largest absolute Gasteiger partial charge is 0.462 e. The molecule has 7 nitrogen and oxygen atoms in total. The molecule has 10 heteroatoms. The highest BCUT2D eigenvalue weighted by Gasteiger charge is 2.33. The number of carbonyl (C=O) groups is 2. The maximum absolute atomic E-state index is 13.2. The van der Waals surface area contributed by atoms with Gasteiger partial charge in [-0.3, -0.25) is 4.79 Å². The van der Waals surface area contributed by atoms with Crippen molar-refractivity contribution in [3.8, 4) is 10.4 Å². The van der Waals surface area contributed by atoms with Gasteiger partial charge in [-0.05, 0) is 49.8 Å². The molecule has 0 spiro atoms. The lowest BCUT2D eigenvalue weighted by molar-refractivity contribution is -0.120. The van der Waals surface area contributed by atoms with E-state index in [2.05, 4.69) is 5.32 Å². The number of nitrogens with zero attached hydrogens (tertiary/aromatic N) is 1. The summed E-state index contributed by atoms with van der Waals surface area (Å²) in [5.41, 5.74) is 1.36. The Balaban J connectivity index is 1.47. The number of thioether (sulfide) groups is 1. The van der Waals surface area contributed by atoms with E-state index in [1.165, 1.54) is 27.4 Å². The fourth-order valence-electron chi connectivity index (χ4n) is 4.14. The molecular formula is C26H28N2O5S3. The number of ether oxygens (including phenoxy) is 1. The molecule has 190 valence electrons. The van der Waals surface area contributed by atoms with Gasteiger partial charge in [-0.25, -0.2) is 13.2 Å². The number of esters is 1. The molecule has 1 aliphatic rings. The third kappa shape index (κ3) is 5.67. The normalized spacial score (nSPS) is 14.9. The first-order valence-corrected chi connectivity index (χ1v) is 15.1. The fourth-order valence-corrected chi connectivity index (χ4v) is 7.75. The summed E-state index contributed by atoms with van der Waals surface area (Å²) >= 11 is 2.67. The molecule has 0 radical (unpaired) electrons. The van der Waals surface area contributed by atoms with Crippen LogP contribution in [0.2, 0.25) is 0 Å². The number of benzene rings is 2. The predicted molar refractivity (Wildman–Crippen MR) is 144 cm³/mol. The van der Waals surface area contributed by atoms with Crippen LogP contribution in [0.3, 0.4) is 0 Å². The fraction of sp³-hybridized carbons (Fsp3) is 0.308. The molecule has 3 aromatic rings. The Hall–Kier alpha value is -2.66. The van der Waals surface area contributed by atoms with E-state index in [-0.39, 0.29) is 31.5 Å². The van der Waals surface area contributed by atoms with Crippen molar-refractivity contribution < 1.29 is 22.7 Å². The molecule has 0 saturated carbocycles. The summed E-state index contributed by atoms with van der Waals surface area (Å²) in [6.07, 6.45) is 2.65. The lowest BCUT2D eigenvalue weighted by Crippen LogP contribution is -2.41. The Bertz CT molecular complexity index is 1330. The van der Waals surface area contributed by atoms with Crippen molar-refractivity contribution in [2.24, 2.45) is 5.92 Å². The van der Waals surface area contributed by atoms with Crippen molar-refractivity contribution in [2.45, 2.75) is 29.6 Å². The number of rotatable bonds is 8. The van der Waals surface area contributed by atoms with E-state index in [9.17, 15) is 18.0 Å². The molecule has 4 rings (SSSR count). The summed E-state index contributed by atoms with van der Waals surface area (Å²) in [6, 6.07) is 18.4. The number of amides is 1. The van der Waals surface area contributed by atoms with E-state index in [4.69, 9.17) is 4.74 Å². The van der Waals surface area contributed by atoms with Crippen LogP contribution in [0.25, 0.3) is 10.4 Å². The summed E-state index contributed by atoms with van der Waals surface area (Å²) in [7, 11) is -3.64. The lowest BCUT2D eigenvalue weighted by Gasteiger charge is -2.31. The number of nitrogens with one attached hydrogen (secondary N) is 1. The maximum atomic E-state index is 13.2. The maximum Gasteiger partial charge on any atom is 0.350 e. The van der Waals surface area contributed by atoms with E-state index in [1.807, 2.05) is 42.7 Å². The van der Waals surface area contributed by atoms with E-state index in [0.29, 0.717) is 33.2 Å². The minimum atomic E-state index is -3.64. The zero-order valence-corrected chi connectivity index (χ0v) is 22.5. The minimum Gasteiger partial charge on any atom is -0.462 e. The number of sulfonamides is 1. The predicted octanol–water partition coefficient (Wildman–Crippen LogP) is 5.35. The molecule has 2 heterocycles. The number of piperidine rings is 1. The first-order valence-electron chi connectivity index (χ1n) is 11.7. The molecule has 0 unspecified atom stereocenters. The van der Waals surface area contributed by atoms with Crippen molar-refractivity contribution in [1.82, 2.24) is 4.31 Å². The molecule has 0 aliphatic carbocycles. The summed E-state index contributed by atoms with van der Waals surface area (Å²) in [5.74, 6) is -1.06. The summed E-state index contributed by atoms with van der Waals surface area (Å²) < 4.78 is 33.1. The first-order chi connectivity index (χ1) is 17.3. The molecule has 1 N–H and O–H groups in total. The van der Waals surface area contributed by atoms with Crippen molar-refractivity contribution in [3.63, 3.8) is 0 Å². The highest BCUT2D eigenvalue weighted by Crippen LogP contribution is 2.36. The third-order valence-corrected chi connectivity index (χ3v) is 10.1. The van der Waals surface area contributed by atoms with Crippen molar-refractivity contribution in [1.29, 1.82) is 0 Å². The Kier molecular flexibility index (Phi) is 8.50. The van der Waals surface area contributed by atoms with Gasteiger partial charge in [0, 0.05) is 28.8 Å². The zero-order valence-electron chi connectivity index (χ0n) is 20.1. The number of hydrogen-bond acceptors (Lipinski definition) is 7. The van der Waals surface area contributed by atoms with Gasteiger partial charge in [-0.1, -0.05) is 42.5 Å². The zero-order chi connectivity index (χ0) is 25.7. The van der Waals surface area contributed by atoms with Crippen LogP contribution in [-0.2, 0) is 19.6 Å². The number of carbonyl (C=O) groups excluding carboxylic acids is 2. The van der Waals surface area contributed by atoms with Crippen molar-refractivity contribution >= 4 is 50.7 Å². The van der Waals surface area contributed by atoms with Crippen LogP contribution in [0.4, 0.5) is 5.69 Å². The standard InChI is InChI=1S/C26H28N2O5S3/c1-3-33-26(30)24-20(17-22(35-24)18-9-5-4-6-10-18)27-25(29)19-13-15-28(16-14-19)36(31,32)23-12-8-7-11-21(23)34-2/h4-12,17,19H,3,13-16H2,1-2H3,(H,27,29). The second kappa shape index (κ2) is 11.6. The minimum absolute atomic E-state index is 0.223. The monoisotopic (exact) mass is 544 g/mol. The molecule has 0 atom stereocenters. The summed E-state index contributed by atoms with van der Waals surface area (Å²) in [6.45, 7) is 2.48. The summed E-state index contributed by atoms with van der Waals surface area (Å²) in [5, 5.41) is 2.91. The Morgan fingerprint density at radius 2 is 1.75 bits per heavy atom. The number of hydrogen-bond donors (Lipinski definition) is 1. The quantitative estimate of drug-likeness (QED) is 0.303. The molecule has 1 fully saturated rings. The van der Waals surface area contributed by atoms with Crippen molar-refractivity contribution in [2.75, 3.05) is 31.3 Å². The topological polar surface area (TPSA) is 92.8 Å². The highest BCUT2D eigenvalue weighted by atomic mass is 32.2. The van der Waals surface area contributed by atoms with Crippen LogP contribution in [0.15, 0.2) is 70.5 Å². The molecule has 1 saturated heterocycles. The molecule has 0 bridgehead atoms. The van der Waals surface area contributed by atoms with Gasteiger partial charge in [0.05, 0.1) is 17.2 Å². The van der Waals surface area contributed by atoms with Crippen LogP contribution < -0.4 is 5.32 Å². The Morgan fingerprint density at radius 3 is 2.42 bits per heavy atom. The summed E-state index contributed by atoms with van der Waals surface area (Å²) in [4.78, 5) is 27.9. The molecular weight excluding hydrogens is 516 g/mol. The Morgan fingerprint density at radius 1 is 1.08 bits per heavy atom. The third-order valence-electron chi connectivity index (χ3n) is 6.02. The van der Waals surface area contributed by atoms with Gasteiger partial charge in [0.2, 0.25) is 15.9 Å². The van der Waals surface area contributed by atoms with E-state index in [0.717, 1.165) is 10.4 Å². The van der Waals surface area contributed by atoms with Crippen LogP contribution in [0, 0.1) is 5.92 Å². The van der Waals surface area contributed by atoms with E-state index in [1.54, 1.807) is 31.2 Å². The van der Waals surface area contributed by atoms with Gasteiger partial charge < -0.3 is 10.1 Å². The van der Waals surface area contributed by atoms with Crippen LogP contribution >= 0.6 is 23.1 Å². The lowest BCUT2D eigenvalue weighted by atomic mass is 9.97. The first kappa shape index (κ1) is 26.4.